The van der Waals surface area contributed by atoms with Crippen molar-refractivity contribution in [2.45, 2.75) is 25.2 Å². The molecule has 3 rings (SSSR count). The zero-order valence-electron chi connectivity index (χ0n) is 16.4. The first kappa shape index (κ1) is 22.3. The zero-order chi connectivity index (χ0) is 23.0. The van der Waals surface area contributed by atoms with E-state index in [0.29, 0.717) is 11.6 Å². The molecule has 1 aromatic carbocycles. The van der Waals surface area contributed by atoms with Crippen molar-refractivity contribution in [3.8, 4) is 5.88 Å². The second-order valence-electron chi connectivity index (χ2n) is 6.12. The highest BCUT2D eigenvalue weighted by molar-refractivity contribution is 7.92. The van der Waals surface area contributed by atoms with Crippen molar-refractivity contribution in [1.82, 2.24) is 19.6 Å². The van der Waals surface area contributed by atoms with E-state index in [1.807, 2.05) is 0 Å². The van der Waals surface area contributed by atoms with E-state index in [4.69, 9.17) is 9.47 Å². The first-order valence-electron chi connectivity index (χ1n) is 8.66. The van der Waals surface area contributed by atoms with Crippen LogP contribution in [0.5, 0.6) is 5.88 Å². The molecule has 0 atom stereocenters. The van der Waals surface area contributed by atoms with Gasteiger partial charge in [-0.15, -0.1) is 5.10 Å². The number of rotatable bonds is 6. The maximum absolute atomic E-state index is 13.5. The number of sulfonamides is 1. The third-order valence-electron chi connectivity index (χ3n) is 3.98. The fourth-order valence-corrected chi connectivity index (χ4v) is 3.63. The van der Waals surface area contributed by atoms with Gasteiger partial charge in [0, 0.05) is 11.8 Å². The first-order chi connectivity index (χ1) is 14.5. The number of aryl methyl sites for hydroxylation is 1. The van der Waals surface area contributed by atoms with E-state index in [9.17, 15) is 26.4 Å². The van der Waals surface area contributed by atoms with Crippen molar-refractivity contribution < 1.29 is 35.9 Å². The quantitative estimate of drug-likeness (QED) is 0.558. The molecule has 166 valence electrons. The highest BCUT2D eigenvalue weighted by Gasteiger charge is 2.37. The number of ether oxygens (including phenoxy) is 2. The molecule has 0 bridgehead atoms. The van der Waals surface area contributed by atoms with Gasteiger partial charge in [0.2, 0.25) is 5.88 Å². The number of carbonyl (C=O) groups is 1. The lowest BCUT2D eigenvalue weighted by molar-refractivity contribution is -0.136. The molecule has 0 aliphatic carbocycles. The summed E-state index contributed by atoms with van der Waals surface area (Å²) in [6, 6.07) is 2.61. The van der Waals surface area contributed by atoms with Gasteiger partial charge in [-0.2, -0.15) is 31.6 Å². The summed E-state index contributed by atoms with van der Waals surface area (Å²) in [5.41, 5.74) is -2.46. The normalized spacial score (nSPS) is 12.1. The Morgan fingerprint density at radius 1 is 1.26 bits per heavy atom. The third kappa shape index (κ3) is 4.38. The SMILES string of the molecule is CCOC(=O)c1cccc(C(F)(F)F)c1NS(=O)(=O)c1nc2nc(OC)c(C)cn2n1. The monoisotopic (exact) mass is 459 g/mol. The van der Waals surface area contributed by atoms with Gasteiger partial charge in [0.15, 0.2) is 0 Å². The van der Waals surface area contributed by atoms with Crippen molar-refractivity contribution in [3.63, 3.8) is 0 Å². The number of benzene rings is 1. The molecule has 31 heavy (non-hydrogen) atoms. The third-order valence-corrected chi connectivity index (χ3v) is 5.11. The lowest BCUT2D eigenvalue weighted by Crippen LogP contribution is -2.21. The summed E-state index contributed by atoms with van der Waals surface area (Å²) in [7, 11) is -3.39. The van der Waals surface area contributed by atoms with Gasteiger partial charge in [0.1, 0.15) is 0 Å². The second-order valence-corrected chi connectivity index (χ2v) is 7.70. The molecule has 1 N–H and O–H groups in total. The van der Waals surface area contributed by atoms with E-state index in [1.54, 1.807) is 11.6 Å². The van der Waals surface area contributed by atoms with Gasteiger partial charge in [-0.25, -0.2) is 9.31 Å². The molecule has 0 aliphatic heterocycles. The number of alkyl halides is 3. The van der Waals surface area contributed by atoms with Crippen LogP contribution in [0.2, 0.25) is 0 Å². The van der Waals surface area contributed by atoms with E-state index >= 15 is 0 Å². The van der Waals surface area contributed by atoms with Crippen LogP contribution in [-0.2, 0) is 20.9 Å². The molecule has 2 heterocycles. The number of carbonyl (C=O) groups excluding carboxylic acids is 1. The fourth-order valence-electron chi connectivity index (χ4n) is 2.65. The number of nitrogens with one attached hydrogen (secondary N) is 1. The summed E-state index contributed by atoms with van der Waals surface area (Å²) in [6.07, 6.45) is -3.57. The highest BCUT2D eigenvalue weighted by Crippen LogP contribution is 2.37. The number of methoxy groups -OCH3 is 1. The average molecular weight is 459 g/mol. The number of anilines is 1. The standard InChI is InChI=1S/C17H16F3N5O5S/c1-4-30-14(26)10-6-5-7-11(17(18,19)20)12(10)24-31(27,28)16-22-15-21-13(29-3)9(2)8-25(15)23-16/h5-8,24H,4H2,1-3H3. The largest absolute Gasteiger partial charge is 0.481 e. The predicted molar refractivity (Wildman–Crippen MR) is 100 cm³/mol. The minimum Gasteiger partial charge on any atom is -0.481 e. The Balaban J connectivity index is 2.12. The number of nitrogens with zero attached hydrogens (tertiary/aromatic N) is 4. The maximum Gasteiger partial charge on any atom is 0.418 e. The minimum absolute atomic E-state index is 0.123. The summed E-state index contributed by atoms with van der Waals surface area (Å²) in [5, 5.41) is 2.91. The molecular formula is C17H16F3N5O5S. The molecule has 0 aliphatic rings. The molecule has 0 saturated carbocycles. The topological polar surface area (TPSA) is 125 Å². The van der Waals surface area contributed by atoms with Gasteiger partial charge in [-0.05, 0) is 26.0 Å². The van der Waals surface area contributed by atoms with Gasteiger partial charge in [0.05, 0.1) is 30.5 Å². The van der Waals surface area contributed by atoms with Crippen LogP contribution in [-0.4, -0.2) is 47.7 Å². The predicted octanol–water partition coefficient (Wildman–Crippen LogP) is 2.44. The Morgan fingerprint density at radius 3 is 2.58 bits per heavy atom. The lowest BCUT2D eigenvalue weighted by atomic mass is 10.1. The average Bonchev–Trinajstić information content (AvgIpc) is 3.10. The molecule has 0 saturated heterocycles. The molecule has 0 amide bonds. The Labute approximate surface area is 174 Å². The van der Waals surface area contributed by atoms with Crippen molar-refractivity contribution >= 4 is 27.5 Å². The van der Waals surface area contributed by atoms with Crippen LogP contribution in [0.25, 0.3) is 5.78 Å². The summed E-state index contributed by atoms with van der Waals surface area (Å²) >= 11 is 0. The second kappa shape index (κ2) is 8.02. The van der Waals surface area contributed by atoms with E-state index in [-0.39, 0.29) is 18.3 Å². The Kier molecular flexibility index (Phi) is 5.76. The van der Waals surface area contributed by atoms with Gasteiger partial charge >= 0.3 is 12.1 Å². The van der Waals surface area contributed by atoms with E-state index < -0.39 is 44.1 Å². The maximum atomic E-state index is 13.5. The Hall–Kier alpha value is -3.42. The summed E-state index contributed by atoms with van der Waals surface area (Å²) in [6.45, 7) is 2.96. The van der Waals surface area contributed by atoms with Crippen molar-refractivity contribution in [2.24, 2.45) is 0 Å². The van der Waals surface area contributed by atoms with Gasteiger partial charge < -0.3 is 9.47 Å². The first-order valence-corrected chi connectivity index (χ1v) is 10.1. The van der Waals surface area contributed by atoms with Crippen LogP contribution < -0.4 is 9.46 Å². The number of fused-ring (bicyclic) bond motifs is 1. The van der Waals surface area contributed by atoms with Gasteiger partial charge in [-0.1, -0.05) is 6.07 Å². The molecule has 10 nitrogen and oxygen atoms in total. The van der Waals surface area contributed by atoms with Crippen molar-refractivity contribution in [2.75, 3.05) is 18.4 Å². The molecule has 0 radical (unpaired) electrons. The van der Waals surface area contributed by atoms with E-state index in [1.165, 1.54) is 20.2 Å². The van der Waals surface area contributed by atoms with Crippen molar-refractivity contribution in [1.29, 1.82) is 0 Å². The van der Waals surface area contributed by atoms with Crippen molar-refractivity contribution in [3.05, 3.63) is 41.1 Å². The van der Waals surface area contributed by atoms with E-state index in [0.717, 1.165) is 16.6 Å². The molecule has 0 spiro atoms. The lowest BCUT2D eigenvalue weighted by Gasteiger charge is -2.16. The molecule has 0 fully saturated rings. The van der Waals surface area contributed by atoms with Crippen LogP contribution in [0.1, 0.15) is 28.4 Å². The van der Waals surface area contributed by atoms with E-state index in [2.05, 4.69) is 15.1 Å². The smallest absolute Gasteiger partial charge is 0.418 e. The zero-order valence-corrected chi connectivity index (χ0v) is 17.2. The van der Waals surface area contributed by atoms with Crippen LogP contribution in [0.15, 0.2) is 29.6 Å². The molecule has 14 heteroatoms. The molecule has 0 unspecified atom stereocenters. The Bertz CT molecular complexity index is 1260. The molecule has 2 aromatic heterocycles. The molecule has 3 aromatic rings. The number of esters is 1. The van der Waals surface area contributed by atoms with Crippen LogP contribution >= 0.6 is 0 Å². The fraction of sp³-hybridized carbons (Fsp3) is 0.294. The van der Waals surface area contributed by atoms with Crippen LogP contribution in [0.3, 0.4) is 0 Å². The summed E-state index contributed by atoms with van der Waals surface area (Å²) in [4.78, 5) is 19.9. The summed E-state index contributed by atoms with van der Waals surface area (Å²) < 4.78 is 78.7. The number of para-hydroxylation sites is 1. The van der Waals surface area contributed by atoms with Gasteiger partial charge in [-0.3, -0.25) is 4.72 Å². The number of hydrogen-bond acceptors (Lipinski definition) is 8. The Morgan fingerprint density at radius 2 is 1.97 bits per heavy atom. The van der Waals surface area contributed by atoms with Crippen LogP contribution in [0.4, 0.5) is 18.9 Å². The summed E-state index contributed by atoms with van der Waals surface area (Å²) in [5.74, 6) is -1.11. The number of hydrogen-bond donors (Lipinski definition) is 1. The number of halogens is 3. The number of aromatic nitrogens is 4. The van der Waals surface area contributed by atoms with Gasteiger partial charge in [0.25, 0.3) is 21.0 Å². The minimum atomic E-state index is -4.96. The molecular weight excluding hydrogens is 443 g/mol. The highest BCUT2D eigenvalue weighted by atomic mass is 32.2. The van der Waals surface area contributed by atoms with Crippen LogP contribution in [0, 0.1) is 6.92 Å².